The zero-order chi connectivity index (χ0) is 29.4. The summed E-state index contributed by atoms with van der Waals surface area (Å²) in [7, 11) is -4.37. The summed E-state index contributed by atoms with van der Waals surface area (Å²) in [5, 5.41) is 0. The summed E-state index contributed by atoms with van der Waals surface area (Å²) >= 11 is 0. The van der Waals surface area contributed by atoms with Gasteiger partial charge >= 0.3 is 10.4 Å². The molecule has 240 valence electrons. The van der Waals surface area contributed by atoms with E-state index in [1.807, 2.05) is 0 Å². The van der Waals surface area contributed by atoms with Gasteiger partial charge in [0.15, 0.2) is 0 Å². The van der Waals surface area contributed by atoms with Gasteiger partial charge in [0, 0.05) is 5.92 Å². The Kier molecular flexibility index (Phi) is 31.2. The molecule has 1 unspecified atom stereocenters. The van der Waals surface area contributed by atoms with Gasteiger partial charge in [0.1, 0.15) is 0 Å². The van der Waals surface area contributed by atoms with Crippen molar-refractivity contribution in [3.05, 3.63) is 12.2 Å². The molecule has 0 aromatic rings. The molecule has 1 atom stereocenters. The zero-order valence-corrected chi connectivity index (χ0v) is 27.8. The average Bonchev–Trinajstić information content (AvgIpc) is 2.93. The van der Waals surface area contributed by atoms with Crippen LogP contribution in [-0.2, 0) is 14.6 Å². The molecule has 0 aromatic carbocycles. The van der Waals surface area contributed by atoms with Crippen LogP contribution in [0.3, 0.4) is 0 Å². The Morgan fingerprint density at radius 1 is 0.525 bits per heavy atom. The van der Waals surface area contributed by atoms with Gasteiger partial charge in [-0.1, -0.05) is 193 Å². The van der Waals surface area contributed by atoms with Gasteiger partial charge in [-0.25, -0.2) is 4.18 Å². The van der Waals surface area contributed by atoms with E-state index in [2.05, 4.69) is 26.0 Å². The molecule has 4 nitrogen and oxygen atoms in total. The van der Waals surface area contributed by atoms with Crippen molar-refractivity contribution >= 4 is 10.4 Å². The van der Waals surface area contributed by atoms with Crippen LogP contribution >= 0.6 is 0 Å². The number of hydrogen-bond acceptors (Lipinski definition) is 3. The molecule has 40 heavy (non-hydrogen) atoms. The van der Waals surface area contributed by atoms with Crippen molar-refractivity contribution in [1.82, 2.24) is 0 Å². The fourth-order valence-corrected chi connectivity index (χ4v) is 5.92. The van der Waals surface area contributed by atoms with Crippen LogP contribution in [0.4, 0.5) is 0 Å². The maximum absolute atomic E-state index is 11.0. The first-order valence-corrected chi connectivity index (χ1v) is 19.1. The minimum Gasteiger partial charge on any atom is -0.264 e. The van der Waals surface area contributed by atoms with E-state index < -0.39 is 10.4 Å². The van der Waals surface area contributed by atoms with E-state index >= 15 is 0 Å². The minimum atomic E-state index is -4.37. The lowest BCUT2D eigenvalue weighted by Gasteiger charge is -2.12. The van der Waals surface area contributed by atoms with Crippen molar-refractivity contribution in [2.75, 3.05) is 6.61 Å². The summed E-state index contributed by atoms with van der Waals surface area (Å²) in [5.41, 5.74) is 0. The van der Waals surface area contributed by atoms with E-state index in [9.17, 15) is 8.42 Å². The lowest BCUT2D eigenvalue weighted by Crippen LogP contribution is -2.12. The molecule has 0 saturated heterocycles. The topological polar surface area (TPSA) is 63.6 Å². The summed E-state index contributed by atoms with van der Waals surface area (Å²) in [6.45, 7) is 4.59. The normalized spacial score (nSPS) is 13.0. The maximum Gasteiger partial charge on any atom is 0.397 e. The van der Waals surface area contributed by atoms with Gasteiger partial charge < -0.3 is 0 Å². The van der Waals surface area contributed by atoms with Crippen LogP contribution in [0.5, 0.6) is 0 Å². The van der Waals surface area contributed by atoms with Gasteiger partial charge in [-0.05, 0) is 19.3 Å². The third-order valence-corrected chi connectivity index (χ3v) is 8.68. The molecule has 0 amide bonds. The Balaban J connectivity index is 3.70. The molecule has 0 aromatic heterocycles. The van der Waals surface area contributed by atoms with Crippen molar-refractivity contribution < 1.29 is 17.2 Å². The van der Waals surface area contributed by atoms with Gasteiger partial charge in [0.2, 0.25) is 0 Å². The minimum absolute atomic E-state index is 0.0474. The Hall–Kier alpha value is -0.390. The number of rotatable bonds is 33. The van der Waals surface area contributed by atoms with Crippen LogP contribution in [0, 0.1) is 5.92 Å². The monoisotopic (exact) mass is 586 g/mol. The first-order chi connectivity index (χ1) is 19.5. The zero-order valence-electron chi connectivity index (χ0n) is 27.0. The van der Waals surface area contributed by atoms with E-state index in [0.717, 1.165) is 19.3 Å². The van der Waals surface area contributed by atoms with Crippen LogP contribution < -0.4 is 0 Å². The van der Waals surface area contributed by atoms with Crippen LogP contribution in [0.15, 0.2) is 12.2 Å². The highest BCUT2D eigenvalue weighted by atomic mass is 32.3. The molecule has 0 radical (unpaired) electrons. The second kappa shape index (κ2) is 31.5. The van der Waals surface area contributed by atoms with E-state index in [-0.39, 0.29) is 12.5 Å². The van der Waals surface area contributed by atoms with E-state index in [4.69, 9.17) is 8.74 Å². The van der Waals surface area contributed by atoms with Gasteiger partial charge in [0.05, 0.1) is 6.61 Å². The third kappa shape index (κ3) is 33.8. The lowest BCUT2D eigenvalue weighted by atomic mass is 9.99. The second-order valence-corrected chi connectivity index (χ2v) is 13.4. The van der Waals surface area contributed by atoms with E-state index in [1.165, 1.54) is 167 Å². The molecule has 0 spiro atoms. The van der Waals surface area contributed by atoms with Crippen molar-refractivity contribution in [1.29, 1.82) is 0 Å². The molecule has 0 saturated carbocycles. The first-order valence-electron chi connectivity index (χ1n) is 17.8. The van der Waals surface area contributed by atoms with Crippen molar-refractivity contribution in [2.45, 2.75) is 200 Å². The van der Waals surface area contributed by atoms with Crippen molar-refractivity contribution in [2.24, 2.45) is 5.92 Å². The highest BCUT2D eigenvalue weighted by Gasteiger charge is 2.11. The van der Waals surface area contributed by atoms with Crippen molar-refractivity contribution in [3.8, 4) is 0 Å². The third-order valence-electron chi connectivity index (χ3n) is 8.24. The molecule has 0 heterocycles. The summed E-state index contributed by atoms with van der Waals surface area (Å²) in [6, 6.07) is 0. The molecule has 0 bridgehead atoms. The fraction of sp³-hybridized carbons (Fsp3) is 0.943. The highest BCUT2D eigenvalue weighted by Crippen LogP contribution is 2.18. The quantitative estimate of drug-likeness (QED) is 0.0472. The second-order valence-electron chi connectivity index (χ2n) is 12.3. The molecular formula is C35H70O4S. The number of allylic oxidation sites excluding steroid dienone is 1. The average molecular weight is 587 g/mol. The predicted octanol–water partition coefficient (Wildman–Crippen LogP) is 12.3. The van der Waals surface area contributed by atoms with Crippen LogP contribution in [0.25, 0.3) is 0 Å². The lowest BCUT2D eigenvalue weighted by molar-refractivity contribution is 0.234. The molecule has 0 rings (SSSR count). The molecule has 0 aliphatic carbocycles. The highest BCUT2D eigenvalue weighted by molar-refractivity contribution is 7.80. The van der Waals surface area contributed by atoms with E-state index in [1.54, 1.807) is 0 Å². The maximum atomic E-state index is 11.0. The first kappa shape index (κ1) is 39.6. The number of hydrogen-bond donors (Lipinski definition) is 1. The SMILES string of the molecule is CCCCCCCCCCCCCCCCCCC/C=C/C(CCCCCCCCCCCC)COS(=O)(=O)O. The van der Waals surface area contributed by atoms with Crippen LogP contribution in [0.2, 0.25) is 0 Å². The number of unbranched alkanes of at least 4 members (excludes halogenated alkanes) is 26. The molecule has 0 aliphatic heterocycles. The van der Waals surface area contributed by atoms with Gasteiger partial charge in [-0.2, -0.15) is 8.42 Å². The van der Waals surface area contributed by atoms with Crippen LogP contribution in [-0.4, -0.2) is 19.6 Å². The summed E-state index contributed by atoms with van der Waals surface area (Å²) in [4.78, 5) is 0. The fourth-order valence-electron chi connectivity index (χ4n) is 5.58. The molecular weight excluding hydrogens is 516 g/mol. The predicted molar refractivity (Wildman–Crippen MR) is 175 cm³/mol. The van der Waals surface area contributed by atoms with E-state index in [0.29, 0.717) is 0 Å². The smallest absolute Gasteiger partial charge is 0.264 e. The molecule has 0 fully saturated rings. The largest absolute Gasteiger partial charge is 0.397 e. The van der Waals surface area contributed by atoms with Crippen molar-refractivity contribution in [3.63, 3.8) is 0 Å². The molecule has 1 N–H and O–H groups in total. The van der Waals surface area contributed by atoms with Gasteiger partial charge in [-0.15, -0.1) is 0 Å². The van der Waals surface area contributed by atoms with Crippen LogP contribution in [0.1, 0.15) is 200 Å². The standard InChI is InChI=1S/C35H70O4S/c1-3-5-7-9-11-13-15-16-17-18-19-20-21-22-23-25-27-29-31-33-35(34-39-40(36,37)38)32-30-28-26-24-14-12-10-8-6-4-2/h31,33,35H,3-30,32,34H2,1-2H3,(H,36,37,38)/b33-31+. The van der Waals surface area contributed by atoms with Gasteiger partial charge in [0.25, 0.3) is 0 Å². The van der Waals surface area contributed by atoms with Gasteiger partial charge in [-0.3, -0.25) is 4.55 Å². The summed E-state index contributed by atoms with van der Waals surface area (Å²) in [6.07, 6.45) is 42.7. The summed E-state index contributed by atoms with van der Waals surface area (Å²) < 4.78 is 35.7. The Bertz CT molecular complexity index is 617. The Morgan fingerprint density at radius 3 is 1.20 bits per heavy atom. The molecule has 0 aliphatic rings. The Labute approximate surface area is 251 Å². The Morgan fingerprint density at radius 2 is 0.850 bits per heavy atom. The molecule has 5 heteroatoms. The summed E-state index contributed by atoms with van der Waals surface area (Å²) in [5.74, 6) is 0.0572.